The summed E-state index contributed by atoms with van der Waals surface area (Å²) in [5, 5.41) is 11.9. The molecule has 21 heavy (non-hydrogen) atoms. The smallest absolute Gasteiger partial charge is 0.261 e. The van der Waals surface area contributed by atoms with Gasteiger partial charge in [-0.15, -0.1) is 11.3 Å². The van der Waals surface area contributed by atoms with Crippen LogP contribution in [-0.4, -0.2) is 23.7 Å². The third-order valence-electron chi connectivity index (χ3n) is 4.09. The van der Waals surface area contributed by atoms with Crippen LogP contribution in [0.5, 0.6) is 0 Å². The minimum Gasteiger partial charge on any atom is -0.395 e. The van der Waals surface area contributed by atoms with Crippen molar-refractivity contribution in [2.75, 3.05) is 6.61 Å². The lowest BCUT2D eigenvalue weighted by Gasteiger charge is -2.38. The van der Waals surface area contributed by atoms with E-state index in [1.807, 2.05) is 12.1 Å². The maximum absolute atomic E-state index is 12.4. The molecule has 1 atom stereocenters. The topological polar surface area (TPSA) is 49.3 Å². The second kappa shape index (κ2) is 7.11. The molecule has 1 aromatic heterocycles. The number of nitrogens with one attached hydrogen (secondary N) is 1. The quantitative estimate of drug-likeness (QED) is 0.843. The van der Waals surface area contributed by atoms with Crippen LogP contribution in [0, 0.1) is 17.3 Å². The zero-order chi connectivity index (χ0) is 15.3. The van der Waals surface area contributed by atoms with Gasteiger partial charge in [0.25, 0.3) is 5.91 Å². The molecule has 0 bridgehead atoms. The van der Waals surface area contributed by atoms with Crippen molar-refractivity contribution in [3.63, 3.8) is 0 Å². The summed E-state index contributed by atoms with van der Waals surface area (Å²) in [6.45, 7) is 4.54. The summed E-state index contributed by atoms with van der Waals surface area (Å²) in [5.74, 6) is 5.86. The molecule has 1 heterocycles. The third-order valence-corrected chi connectivity index (χ3v) is 5.09. The molecule has 2 N–H and O–H groups in total. The summed E-state index contributed by atoms with van der Waals surface area (Å²) in [5.41, 5.74) is 0.176. The van der Waals surface area contributed by atoms with Crippen LogP contribution >= 0.6 is 11.3 Å². The Labute approximate surface area is 130 Å². The zero-order valence-corrected chi connectivity index (χ0v) is 13.6. The van der Waals surface area contributed by atoms with Crippen molar-refractivity contribution in [2.45, 2.75) is 52.0 Å². The van der Waals surface area contributed by atoms with Gasteiger partial charge in [-0.3, -0.25) is 4.79 Å². The molecule has 0 aromatic carbocycles. The summed E-state index contributed by atoms with van der Waals surface area (Å²) in [4.78, 5) is 13.9. The highest BCUT2D eigenvalue weighted by Crippen LogP contribution is 2.35. The summed E-state index contributed by atoms with van der Waals surface area (Å²) >= 11 is 1.41. The number of hydrogen-bond acceptors (Lipinski definition) is 3. The number of carbonyl (C=O) groups is 1. The first-order valence-corrected chi connectivity index (χ1v) is 8.35. The van der Waals surface area contributed by atoms with Crippen molar-refractivity contribution in [1.29, 1.82) is 0 Å². The molecule has 1 fully saturated rings. The second-order valence-electron chi connectivity index (χ2n) is 6.20. The lowest BCUT2D eigenvalue weighted by molar-refractivity contribution is 0.0857. The van der Waals surface area contributed by atoms with E-state index in [0.717, 1.165) is 11.3 Å². The summed E-state index contributed by atoms with van der Waals surface area (Å²) in [7, 11) is 0. The molecule has 1 unspecified atom stereocenters. The predicted molar refractivity (Wildman–Crippen MR) is 86.4 cm³/mol. The fraction of sp³-hybridized carbons (Fsp3) is 0.588. The Morgan fingerprint density at radius 1 is 1.48 bits per heavy atom. The van der Waals surface area contributed by atoms with Crippen molar-refractivity contribution in [1.82, 2.24) is 5.32 Å². The van der Waals surface area contributed by atoms with Gasteiger partial charge in [0.1, 0.15) is 0 Å². The van der Waals surface area contributed by atoms with E-state index in [0.29, 0.717) is 11.3 Å². The minimum atomic E-state index is 0.00943. The molecule has 3 nitrogen and oxygen atoms in total. The molecule has 0 saturated heterocycles. The van der Waals surface area contributed by atoms with Crippen LogP contribution in [0.25, 0.3) is 0 Å². The molecule has 1 saturated carbocycles. The Morgan fingerprint density at radius 2 is 2.29 bits per heavy atom. The third kappa shape index (κ3) is 4.33. The molecule has 1 aliphatic rings. The first-order chi connectivity index (χ1) is 10.0. The molecule has 0 aliphatic heterocycles. The Kier molecular flexibility index (Phi) is 5.44. The molecular formula is C17H23NO2S. The van der Waals surface area contributed by atoms with Gasteiger partial charge < -0.3 is 10.4 Å². The van der Waals surface area contributed by atoms with E-state index >= 15 is 0 Å². The summed E-state index contributed by atoms with van der Waals surface area (Å²) in [6, 6.07) is 3.96. The number of amides is 1. The van der Waals surface area contributed by atoms with Crippen molar-refractivity contribution >= 4 is 17.2 Å². The van der Waals surface area contributed by atoms with Crippen LogP contribution < -0.4 is 5.32 Å². The van der Waals surface area contributed by atoms with Gasteiger partial charge in [-0.05, 0) is 30.4 Å². The fourth-order valence-corrected chi connectivity index (χ4v) is 3.51. The van der Waals surface area contributed by atoms with Crippen LogP contribution in [0.4, 0.5) is 0 Å². The van der Waals surface area contributed by atoms with Gasteiger partial charge in [0, 0.05) is 12.5 Å². The van der Waals surface area contributed by atoms with Crippen LogP contribution in [0.2, 0.25) is 0 Å². The van der Waals surface area contributed by atoms with Crippen molar-refractivity contribution in [2.24, 2.45) is 5.41 Å². The van der Waals surface area contributed by atoms with Crippen LogP contribution in [0.15, 0.2) is 12.1 Å². The number of thiophene rings is 1. The zero-order valence-electron chi connectivity index (χ0n) is 12.7. The van der Waals surface area contributed by atoms with Crippen molar-refractivity contribution in [3.05, 3.63) is 21.9 Å². The van der Waals surface area contributed by atoms with E-state index in [2.05, 4.69) is 31.0 Å². The molecular weight excluding hydrogens is 282 g/mol. The lowest BCUT2D eigenvalue weighted by Crippen LogP contribution is -2.46. The van der Waals surface area contributed by atoms with Gasteiger partial charge in [0.2, 0.25) is 0 Å². The average Bonchev–Trinajstić information content (AvgIpc) is 2.90. The molecule has 1 aromatic rings. The largest absolute Gasteiger partial charge is 0.395 e. The van der Waals surface area contributed by atoms with Crippen LogP contribution in [0.3, 0.4) is 0 Å². The van der Waals surface area contributed by atoms with Crippen molar-refractivity contribution in [3.8, 4) is 11.8 Å². The Balaban J connectivity index is 1.99. The van der Waals surface area contributed by atoms with E-state index in [-0.39, 0.29) is 24.0 Å². The Hall–Kier alpha value is -1.31. The van der Waals surface area contributed by atoms with Gasteiger partial charge >= 0.3 is 0 Å². The van der Waals surface area contributed by atoms with E-state index in [9.17, 15) is 4.79 Å². The Bertz CT molecular complexity index is 551. The highest BCUT2D eigenvalue weighted by molar-refractivity contribution is 7.14. The van der Waals surface area contributed by atoms with E-state index in [1.165, 1.54) is 30.6 Å². The minimum absolute atomic E-state index is 0.00943. The number of carbonyl (C=O) groups excluding carboxylic acids is 1. The van der Waals surface area contributed by atoms with Crippen LogP contribution in [-0.2, 0) is 0 Å². The standard InChI is InChI=1S/C17H23NO2S/c1-17(2)11-5-3-8-15(17)18-16(20)14-10-9-13(21-14)7-4-6-12-19/h9-10,15,19H,3,5-6,8,11-12H2,1-2H3,(H,18,20). The maximum Gasteiger partial charge on any atom is 0.261 e. The summed E-state index contributed by atoms with van der Waals surface area (Å²) < 4.78 is 0. The fourth-order valence-electron chi connectivity index (χ4n) is 2.72. The molecule has 0 spiro atoms. The number of aliphatic hydroxyl groups is 1. The van der Waals surface area contributed by atoms with Gasteiger partial charge in [0.15, 0.2) is 0 Å². The molecule has 114 valence electrons. The number of hydrogen-bond donors (Lipinski definition) is 2. The predicted octanol–water partition coefficient (Wildman–Crippen LogP) is 3.18. The average molecular weight is 305 g/mol. The Morgan fingerprint density at radius 3 is 3.00 bits per heavy atom. The van der Waals surface area contributed by atoms with Crippen LogP contribution in [0.1, 0.15) is 60.5 Å². The normalized spacial score (nSPS) is 20.4. The maximum atomic E-state index is 12.4. The van der Waals surface area contributed by atoms with E-state index in [1.54, 1.807) is 0 Å². The summed E-state index contributed by atoms with van der Waals surface area (Å²) in [6.07, 6.45) is 5.14. The van der Waals surface area contributed by atoms with Gasteiger partial charge in [-0.2, -0.15) is 0 Å². The SMILES string of the molecule is CC1(C)CCCCC1NC(=O)c1ccc(C#CCCO)s1. The number of rotatable bonds is 3. The highest BCUT2D eigenvalue weighted by Gasteiger charge is 2.33. The molecule has 2 rings (SSSR count). The molecule has 1 aliphatic carbocycles. The number of aliphatic hydroxyl groups excluding tert-OH is 1. The van der Waals surface area contributed by atoms with E-state index < -0.39 is 0 Å². The van der Waals surface area contributed by atoms with E-state index in [4.69, 9.17) is 5.11 Å². The molecule has 0 radical (unpaired) electrons. The van der Waals surface area contributed by atoms with Gasteiger partial charge in [-0.1, -0.05) is 38.5 Å². The van der Waals surface area contributed by atoms with Gasteiger partial charge in [0.05, 0.1) is 16.4 Å². The first kappa shape index (κ1) is 16.1. The monoisotopic (exact) mass is 305 g/mol. The molecule has 4 heteroatoms. The lowest BCUT2D eigenvalue weighted by atomic mass is 9.73. The van der Waals surface area contributed by atoms with Crippen molar-refractivity contribution < 1.29 is 9.90 Å². The van der Waals surface area contributed by atoms with Gasteiger partial charge in [-0.25, -0.2) is 0 Å². The second-order valence-corrected chi connectivity index (χ2v) is 7.28. The molecule has 1 amide bonds. The highest BCUT2D eigenvalue weighted by atomic mass is 32.1. The first-order valence-electron chi connectivity index (χ1n) is 7.53.